The van der Waals surface area contributed by atoms with Gasteiger partial charge in [0.25, 0.3) is 0 Å². The molecule has 1 unspecified atom stereocenters. The van der Waals surface area contributed by atoms with Crippen LogP contribution in [0.3, 0.4) is 0 Å². The minimum absolute atomic E-state index is 0.404. The summed E-state index contributed by atoms with van der Waals surface area (Å²) in [7, 11) is 3.02. The predicted molar refractivity (Wildman–Crippen MR) is 76.2 cm³/mol. The number of hydrogen-bond donors (Lipinski definition) is 1. The van der Waals surface area contributed by atoms with E-state index in [4.69, 9.17) is 4.74 Å². The largest absolute Gasteiger partial charge is 0.497 e. The van der Waals surface area contributed by atoms with Gasteiger partial charge in [-0.1, -0.05) is 24.3 Å². The molecule has 2 aromatic rings. The van der Waals surface area contributed by atoms with E-state index in [0.29, 0.717) is 0 Å². The Labute approximate surface area is 115 Å². The summed E-state index contributed by atoms with van der Waals surface area (Å²) in [5.74, 6) is 0.725. The normalized spacial score (nSPS) is 12.2. The Hall–Kier alpha value is -2.50. The van der Waals surface area contributed by atoms with Gasteiger partial charge in [-0.3, -0.25) is 0 Å². The van der Waals surface area contributed by atoms with E-state index in [1.54, 1.807) is 19.2 Å². The lowest BCUT2D eigenvalue weighted by molar-refractivity contribution is 0.414. The highest BCUT2D eigenvalue weighted by Crippen LogP contribution is 2.24. The highest BCUT2D eigenvalue weighted by Gasteiger charge is 2.19. The maximum Gasteiger partial charge on any atom is 0.347 e. The molecule has 0 aliphatic heterocycles. The first-order valence-corrected chi connectivity index (χ1v) is 6.12. The first kappa shape index (κ1) is 13.9. The fourth-order valence-electron chi connectivity index (χ4n) is 2.09. The average Bonchev–Trinajstić information content (AvgIpc) is 2.67. The topological polar surface area (TPSA) is 69.0 Å². The number of aromatic nitrogens is 3. The monoisotopic (exact) mass is 275 g/mol. The summed E-state index contributed by atoms with van der Waals surface area (Å²) in [6.07, 6.45) is 0. The van der Waals surface area contributed by atoms with Gasteiger partial charge in [-0.25, -0.2) is 23.9 Å². The van der Waals surface area contributed by atoms with Crippen molar-refractivity contribution < 1.29 is 4.74 Å². The Morgan fingerprint density at radius 3 is 2.30 bits per heavy atom. The quantitative estimate of drug-likeness (QED) is 0.848. The van der Waals surface area contributed by atoms with Gasteiger partial charge in [0.15, 0.2) is 0 Å². The second-order valence-corrected chi connectivity index (χ2v) is 4.65. The fraction of sp³-hybridized carbons (Fsp3) is 0.286. The van der Waals surface area contributed by atoms with Gasteiger partial charge < -0.3 is 4.74 Å². The van der Waals surface area contributed by atoms with Gasteiger partial charge in [-0.15, -0.1) is 0 Å². The molecule has 1 heterocycles. The van der Waals surface area contributed by atoms with E-state index in [-0.39, 0.29) is 0 Å². The van der Waals surface area contributed by atoms with Crippen molar-refractivity contribution in [2.24, 2.45) is 7.05 Å². The number of nitrogens with zero attached hydrogens (tertiary/aromatic N) is 2. The summed E-state index contributed by atoms with van der Waals surface area (Å²) in [6.45, 7) is 5.72. The molecule has 0 bridgehead atoms. The summed E-state index contributed by atoms with van der Waals surface area (Å²) in [4.78, 5) is 23.6. The summed E-state index contributed by atoms with van der Waals surface area (Å²) >= 11 is 0. The van der Waals surface area contributed by atoms with Gasteiger partial charge in [-0.2, -0.15) is 0 Å². The van der Waals surface area contributed by atoms with E-state index in [2.05, 4.69) is 11.7 Å². The molecule has 0 aliphatic rings. The SMILES string of the molecule is C=C(C)C(c1ccc(OC)cc1)n1[nH]c(=O)n(C)c1=O. The molecule has 20 heavy (non-hydrogen) atoms. The smallest absolute Gasteiger partial charge is 0.347 e. The molecule has 0 amide bonds. The van der Waals surface area contributed by atoms with E-state index in [1.165, 1.54) is 11.7 Å². The van der Waals surface area contributed by atoms with Crippen molar-refractivity contribution in [3.8, 4) is 5.75 Å². The lowest BCUT2D eigenvalue weighted by atomic mass is 10.0. The van der Waals surface area contributed by atoms with Crippen LogP contribution in [0.25, 0.3) is 0 Å². The zero-order valence-electron chi connectivity index (χ0n) is 11.7. The van der Waals surface area contributed by atoms with Crippen molar-refractivity contribution in [3.05, 3.63) is 62.9 Å². The maximum absolute atomic E-state index is 12.1. The lowest BCUT2D eigenvalue weighted by Crippen LogP contribution is -2.29. The van der Waals surface area contributed by atoms with Gasteiger partial charge in [0.2, 0.25) is 0 Å². The second kappa shape index (κ2) is 5.24. The number of rotatable bonds is 4. The van der Waals surface area contributed by atoms with Gasteiger partial charge in [-0.05, 0) is 24.6 Å². The molecule has 1 aromatic heterocycles. The molecule has 1 N–H and O–H groups in total. The van der Waals surface area contributed by atoms with Crippen LogP contribution in [0.1, 0.15) is 18.5 Å². The zero-order chi connectivity index (χ0) is 14.9. The highest BCUT2D eigenvalue weighted by atomic mass is 16.5. The molecule has 0 saturated heterocycles. The lowest BCUT2D eigenvalue weighted by Gasteiger charge is -2.18. The number of ether oxygens (including phenoxy) is 1. The van der Waals surface area contributed by atoms with Crippen LogP contribution >= 0.6 is 0 Å². The van der Waals surface area contributed by atoms with Crippen molar-refractivity contribution >= 4 is 0 Å². The summed E-state index contributed by atoms with van der Waals surface area (Å²) in [5.41, 5.74) is 0.745. The Morgan fingerprint density at radius 1 is 1.30 bits per heavy atom. The first-order chi connectivity index (χ1) is 9.45. The number of H-pyrrole nitrogens is 1. The van der Waals surface area contributed by atoms with E-state index < -0.39 is 17.4 Å². The molecule has 2 rings (SSSR count). The van der Waals surface area contributed by atoms with Crippen LogP contribution in [0.2, 0.25) is 0 Å². The van der Waals surface area contributed by atoms with E-state index in [9.17, 15) is 9.59 Å². The van der Waals surface area contributed by atoms with Crippen LogP contribution in [-0.2, 0) is 7.05 Å². The molecule has 106 valence electrons. The third-order valence-corrected chi connectivity index (χ3v) is 3.17. The molecule has 0 radical (unpaired) electrons. The summed E-state index contributed by atoms with van der Waals surface area (Å²) < 4.78 is 7.42. The van der Waals surface area contributed by atoms with Gasteiger partial charge >= 0.3 is 11.4 Å². The van der Waals surface area contributed by atoms with Crippen LogP contribution in [-0.4, -0.2) is 21.5 Å². The number of aromatic amines is 1. The van der Waals surface area contributed by atoms with Crippen molar-refractivity contribution in [2.45, 2.75) is 13.0 Å². The highest BCUT2D eigenvalue weighted by molar-refractivity contribution is 5.32. The van der Waals surface area contributed by atoms with Crippen molar-refractivity contribution in [1.29, 1.82) is 0 Å². The maximum atomic E-state index is 12.1. The van der Waals surface area contributed by atoms with Crippen molar-refractivity contribution in [1.82, 2.24) is 14.3 Å². The molecular weight excluding hydrogens is 258 g/mol. The number of methoxy groups -OCH3 is 1. The number of hydrogen-bond acceptors (Lipinski definition) is 3. The van der Waals surface area contributed by atoms with Crippen LogP contribution in [0.15, 0.2) is 46.0 Å². The predicted octanol–water partition coefficient (Wildman–Crippen LogP) is 1.05. The molecule has 0 spiro atoms. The van der Waals surface area contributed by atoms with E-state index in [1.807, 2.05) is 19.1 Å². The number of benzene rings is 1. The molecule has 0 saturated carbocycles. The molecule has 0 aliphatic carbocycles. The molecule has 1 atom stereocenters. The molecule has 6 heteroatoms. The first-order valence-electron chi connectivity index (χ1n) is 6.12. The summed E-state index contributed by atoms with van der Waals surface area (Å²) in [5, 5.41) is 2.54. The Morgan fingerprint density at radius 2 is 1.90 bits per heavy atom. The third kappa shape index (κ3) is 2.32. The zero-order valence-corrected chi connectivity index (χ0v) is 11.7. The number of allylic oxidation sites excluding steroid dienone is 1. The van der Waals surface area contributed by atoms with Crippen LogP contribution in [0.4, 0.5) is 0 Å². The number of nitrogens with one attached hydrogen (secondary N) is 1. The van der Waals surface area contributed by atoms with E-state index in [0.717, 1.165) is 21.5 Å². The summed E-state index contributed by atoms with van der Waals surface area (Å²) in [6, 6.07) is 6.88. The molecule has 0 fully saturated rings. The van der Waals surface area contributed by atoms with E-state index >= 15 is 0 Å². The van der Waals surface area contributed by atoms with Crippen LogP contribution < -0.4 is 16.1 Å². The van der Waals surface area contributed by atoms with Gasteiger partial charge in [0, 0.05) is 7.05 Å². The third-order valence-electron chi connectivity index (χ3n) is 3.17. The van der Waals surface area contributed by atoms with Crippen LogP contribution in [0.5, 0.6) is 5.75 Å². The minimum Gasteiger partial charge on any atom is -0.497 e. The van der Waals surface area contributed by atoms with Gasteiger partial charge in [0.1, 0.15) is 11.8 Å². The van der Waals surface area contributed by atoms with Crippen molar-refractivity contribution in [2.75, 3.05) is 7.11 Å². The minimum atomic E-state index is -0.449. The molecule has 1 aromatic carbocycles. The van der Waals surface area contributed by atoms with Gasteiger partial charge in [0.05, 0.1) is 7.11 Å². The average molecular weight is 275 g/mol. The Bertz CT molecular complexity index is 734. The standard InChI is InChI=1S/C14H17N3O3/c1-9(2)12(10-5-7-11(20-4)8-6-10)17-14(19)16(3)13(18)15-17/h5-8,12H,1H2,2-4H3,(H,15,18). The Kier molecular flexibility index (Phi) is 3.65. The Balaban J connectivity index is 2.56. The fourth-order valence-corrected chi connectivity index (χ4v) is 2.09. The molecular formula is C14H17N3O3. The molecule has 6 nitrogen and oxygen atoms in total. The second-order valence-electron chi connectivity index (χ2n) is 4.65. The van der Waals surface area contributed by atoms with Crippen LogP contribution in [0, 0.1) is 0 Å². The van der Waals surface area contributed by atoms with Crippen molar-refractivity contribution in [3.63, 3.8) is 0 Å².